The van der Waals surface area contributed by atoms with Gasteiger partial charge in [-0.15, -0.1) is 11.3 Å². The molecule has 0 nitrogen and oxygen atoms in total. The smallest absolute Gasteiger partial charge is 0.00766 e. The van der Waals surface area contributed by atoms with Crippen LogP contribution < -0.4 is 0 Å². The number of hydrogen-bond donors (Lipinski definition) is 0. The highest BCUT2D eigenvalue weighted by atomic mass is 79.9. The normalized spacial score (nSPS) is 13.2. The summed E-state index contributed by atoms with van der Waals surface area (Å²) >= 11 is 5.44. The maximum absolute atomic E-state index is 3.48. The summed E-state index contributed by atoms with van der Waals surface area (Å²) in [5.74, 6) is 0.717. The molecule has 1 aromatic heterocycles. The second kappa shape index (κ2) is 5.03. The van der Waals surface area contributed by atoms with Gasteiger partial charge in [0.1, 0.15) is 0 Å². The topological polar surface area (TPSA) is 0 Å². The number of thiophene rings is 1. The summed E-state index contributed by atoms with van der Waals surface area (Å²) < 4.78 is 0. The molecule has 0 N–H and O–H groups in total. The van der Waals surface area contributed by atoms with Gasteiger partial charge in [0.15, 0.2) is 0 Å². The van der Waals surface area contributed by atoms with Gasteiger partial charge in [0.05, 0.1) is 0 Å². The van der Waals surface area contributed by atoms with Crippen molar-refractivity contribution in [2.75, 3.05) is 5.33 Å². The average molecular weight is 247 g/mol. The van der Waals surface area contributed by atoms with E-state index in [1.807, 2.05) is 11.3 Å². The van der Waals surface area contributed by atoms with E-state index in [2.05, 4.69) is 41.9 Å². The van der Waals surface area contributed by atoms with Gasteiger partial charge in [-0.05, 0) is 30.9 Å². The van der Waals surface area contributed by atoms with Crippen LogP contribution in [0.3, 0.4) is 0 Å². The third-order valence-electron chi connectivity index (χ3n) is 2.06. The third-order valence-corrected chi connectivity index (χ3v) is 3.98. The van der Waals surface area contributed by atoms with Crippen molar-refractivity contribution >= 4 is 27.3 Å². The molecule has 0 aliphatic heterocycles. The van der Waals surface area contributed by atoms with Crippen molar-refractivity contribution in [1.82, 2.24) is 0 Å². The number of halogens is 1. The Morgan fingerprint density at radius 3 is 2.75 bits per heavy atom. The molecule has 0 fully saturated rings. The highest BCUT2D eigenvalue weighted by Gasteiger charge is 2.06. The van der Waals surface area contributed by atoms with Gasteiger partial charge in [-0.1, -0.05) is 29.8 Å². The molecule has 1 unspecified atom stereocenters. The lowest BCUT2D eigenvalue weighted by Gasteiger charge is -2.05. The maximum Gasteiger partial charge on any atom is 0.00766 e. The first kappa shape index (κ1) is 10.3. The molecule has 0 spiro atoms. The number of aryl methyl sites for hydroxylation is 1. The number of rotatable bonds is 4. The summed E-state index contributed by atoms with van der Waals surface area (Å²) in [4.78, 5) is 3.04. The molecule has 0 saturated heterocycles. The van der Waals surface area contributed by atoms with Gasteiger partial charge in [-0.2, -0.15) is 0 Å². The molecular formula is C10H15BrS. The molecule has 12 heavy (non-hydrogen) atoms. The van der Waals surface area contributed by atoms with Crippen LogP contribution in [-0.2, 0) is 6.42 Å². The molecular weight excluding hydrogens is 232 g/mol. The number of alkyl halides is 1. The first-order valence-electron chi connectivity index (χ1n) is 4.42. The van der Waals surface area contributed by atoms with Gasteiger partial charge in [0.2, 0.25) is 0 Å². The fourth-order valence-electron chi connectivity index (χ4n) is 1.16. The minimum Gasteiger partial charge on any atom is -0.145 e. The summed E-state index contributed by atoms with van der Waals surface area (Å²) in [6, 6.07) is 4.53. The molecule has 0 aromatic carbocycles. The van der Waals surface area contributed by atoms with Crippen molar-refractivity contribution in [3.8, 4) is 0 Å². The van der Waals surface area contributed by atoms with Crippen LogP contribution >= 0.6 is 27.3 Å². The van der Waals surface area contributed by atoms with Crippen LogP contribution in [0, 0.1) is 0 Å². The predicted molar refractivity (Wildman–Crippen MR) is 60.5 cm³/mol. The van der Waals surface area contributed by atoms with Crippen molar-refractivity contribution in [2.45, 2.75) is 32.6 Å². The van der Waals surface area contributed by atoms with Crippen molar-refractivity contribution in [2.24, 2.45) is 0 Å². The Kier molecular flexibility index (Phi) is 4.30. The van der Waals surface area contributed by atoms with Crippen molar-refractivity contribution in [3.05, 3.63) is 21.9 Å². The van der Waals surface area contributed by atoms with Gasteiger partial charge in [0, 0.05) is 15.1 Å². The van der Waals surface area contributed by atoms with E-state index < -0.39 is 0 Å². The fourth-order valence-corrected chi connectivity index (χ4v) is 2.88. The Labute approximate surface area is 87.1 Å². The van der Waals surface area contributed by atoms with E-state index in [0.717, 1.165) is 11.2 Å². The number of hydrogen-bond acceptors (Lipinski definition) is 1. The van der Waals surface area contributed by atoms with Gasteiger partial charge in [-0.3, -0.25) is 0 Å². The molecule has 0 aliphatic rings. The molecule has 0 bridgehead atoms. The first-order chi connectivity index (χ1) is 5.77. The lowest BCUT2D eigenvalue weighted by atomic mass is 10.1. The maximum atomic E-state index is 3.48. The largest absolute Gasteiger partial charge is 0.145 e. The van der Waals surface area contributed by atoms with E-state index >= 15 is 0 Å². The zero-order valence-corrected chi connectivity index (χ0v) is 10.0. The van der Waals surface area contributed by atoms with Gasteiger partial charge < -0.3 is 0 Å². The van der Waals surface area contributed by atoms with Crippen LogP contribution in [-0.4, -0.2) is 5.33 Å². The summed E-state index contributed by atoms with van der Waals surface area (Å²) in [6.45, 7) is 4.51. The molecule has 0 aliphatic carbocycles. The molecule has 1 atom stereocenters. The van der Waals surface area contributed by atoms with Crippen LogP contribution in [0.25, 0.3) is 0 Å². The minimum absolute atomic E-state index is 0.717. The van der Waals surface area contributed by atoms with Gasteiger partial charge in [-0.25, -0.2) is 0 Å². The molecule has 0 amide bonds. The monoisotopic (exact) mass is 246 g/mol. The quantitative estimate of drug-likeness (QED) is 0.699. The standard InChI is InChI=1S/C10H15BrS/c1-3-9-4-5-10(12-9)8(2)6-7-11/h4-5,8H,3,6-7H2,1-2H3. The van der Waals surface area contributed by atoms with E-state index in [1.165, 1.54) is 22.6 Å². The summed E-state index contributed by atoms with van der Waals surface area (Å²) in [5.41, 5.74) is 0. The Hall–Kier alpha value is 0.180. The molecule has 0 radical (unpaired) electrons. The third kappa shape index (κ3) is 2.60. The van der Waals surface area contributed by atoms with Crippen LogP contribution in [0.15, 0.2) is 12.1 Å². The highest BCUT2D eigenvalue weighted by molar-refractivity contribution is 9.09. The molecule has 1 heterocycles. The van der Waals surface area contributed by atoms with Crippen molar-refractivity contribution < 1.29 is 0 Å². The minimum atomic E-state index is 0.717. The Balaban J connectivity index is 2.61. The van der Waals surface area contributed by atoms with Crippen molar-refractivity contribution in [1.29, 1.82) is 0 Å². The fraction of sp³-hybridized carbons (Fsp3) is 0.600. The van der Waals surface area contributed by atoms with E-state index in [0.29, 0.717) is 0 Å². The zero-order chi connectivity index (χ0) is 8.97. The second-order valence-electron chi connectivity index (χ2n) is 3.04. The average Bonchev–Trinajstić information content (AvgIpc) is 2.52. The second-order valence-corrected chi connectivity index (χ2v) is 5.03. The first-order valence-corrected chi connectivity index (χ1v) is 6.36. The highest BCUT2D eigenvalue weighted by Crippen LogP contribution is 2.27. The summed E-state index contributed by atoms with van der Waals surface area (Å²) in [7, 11) is 0. The molecule has 1 aromatic rings. The van der Waals surface area contributed by atoms with Gasteiger partial charge >= 0.3 is 0 Å². The predicted octanol–water partition coefficient (Wildman–Crippen LogP) is 4.20. The van der Waals surface area contributed by atoms with Crippen LogP contribution in [0.5, 0.6) is 0 Å². The molecule has 68 valence electrons. The van der Waals surface area contributed by atoms with Crippen LogP contribution in [0.1, 0.15) is 35.9 Å². The Morgan fingerprint density at radius 2 is 2.25 bits per heavy atom. The van der Waals surface area contributed by atoms with E-state index in [-0.39, 0.29) is 0 Å². The van der Waals surface area contributed by atoms with Crippen molar-refractivity contribution in [3.63, 3.8) is 0 Å². The van der Waals surface area contributed by atoms with E-state index in [9.17, 15) is 0 Å². The Bertz CT molecular complexity index is 229. The van der Waals surface area contributed by atoms with Crippen LogP contribution in [0.4, 0.5) is 0 Å². The zero-order valence-electron chi connectivity index (χ0n) is 7.64. The molecule has 1 rings (SSSR count). The van der Waals surface area contributed by atoms with Gasteiger partial charge in [0.25, 0.3) is 0 Å². The molecule has 2 heteroatoms. The summed E-state index contributed by atoms with van der Waals surface area (Å²) in [6.07, 6.45) is 2.41. The lowest BCUT2D eigenvalue weighted by Crippen LogP contribution is -1.89. The molecule has 0 saturated carbocycles. The van der Waals surface area contributed by atoms with E-state index in [1.54, 1.807) is 0 Å². The van der Waals surface area contributed by atoms with Crippen LogP contribution in [0.2, 0.25) is 0 Å². The van der Waals surface area contributed by atoms with E-state index in [4.69, 9.17) is 0 Å². The summed E-state index contributed by atoms with van der Waals surface area (Å²) in [5, 5.41) is 1.10. The lowest BCUT2D eigenvalue weighted by molar-refractivity contribution is 0.759. The Morgan fingerprint density at radius 1 is 1.50 bits per heavy atom. The SMILES string of the molecule is CCc1ccc(C(C)CCBr)s1.